The standard InChI is InChI=1S/C11H18N2O4/c14-10(4-9-7-17-2-1-12-9)13-5-8(6-13)3-11(15)16/h8-9,12H,1-7H2,(H,15,16). The van der Waals surface area contributed by atoms with E-state index >= 15 is 0 Å². The van der Waals surface area contributed by atoms with Crippen LogP contribution in [0.2, 0.25) is 0 Å². The zero-order valence-corrected chi connectivity index (χ0v) is 9.72. The summed E-state index contributed by atoms with van der Waals surface area (Å²) in [7, 11) is 0. The summed E-state index contributed by atoms with van der Waals surface area (Å²) in [5, 5.41) is 11.8. The summed E-state index contributed by atoms with van der Waals surface area (Å²) in [4.78, 5) is 24.0. The number of morpholine rings is 1. The smallest absolute Gasteiger partial charge is 0.303 e. The number of carboxylic acids is 1. The summed E-state index contributed by atoms with van der Waals surface area (Å²) in [6, 6.07) is 0.106. The maximum atomic E-state index is 11.8. The van der Waals surface area contributed by atoms with E-state index in [2.05, 4.69) is 5.32 Å². The average molecular weight is 242 g/mol. The number of amides is 1. The molecule has 0 saturated carbocycles. The van der Waals surface area contributed by atoms with Gasteiger partial charge >= 0.3 is 5.97 Å². The van der Waals surface area contributed by atoms with E-state index in [0.717, 1.165) is 6.54 Å². The summed E-state index contributed by atoms with van der Waals surface area (Å²) >= 11 is 0. The molecule has 1 unspecified atom stereocenters. The van der Waals surface area contributed by atoms with Crippen LogP contribution in [0.15, 0.2) is 0 Å². The molecule has 2 rings (SSSR count). The molecule has 0 spiro atoms. The van der Waals surface area contributed by atoms with Crippen molar-refractivity contribution in [3.05, 3.63) is 0 Å². The van der Waals surface area contributed by atoms with Crippen LogP contribution in [0, 0.1) is 5.92 Å². The van der Waals surface area contributed by atoms with Crippen LogP contribution in [0.1, 0.15) is 12.8 Å². The minimum atomic E-state index is -0.788. The molecule has 2 aliphatic heterocycles. The van der Waals surface area contributed by atoms with Crippen molar-refractivity contribution in [2.75, 3.05) is 32.8 Å². The van der Waals surface area contributed by atoms with Crippen molar-refractivity contribution in [3.63, 3.8) is 0 Å². The van der Waals surface area contributed by atoms with E-state index in [1.165, 1.54) is 0 Å². The van der Waals surface area contributed by atoms with E-state index < -0.39 is 5.97 Å². The lowest BCUT2D eigenvalue weighted by Gasteiger charge is -2.39. The van der Waals surface area contributed by atoms with Gasteiger partial charge in [0.05, 0.1) is 19.6 Å². The van der Waals surface area contributed by atoms with E-state index in [4.69, 9.17) is 9.84 Å². The van der Waals surface area contributed by atoms with Gasteiger partial charge in [-0.2, -0.15) is 0 Å². The lowest BCUT2D eigenvalue weighted by molar-refractivity contribution is -0.145. The lowest BCUT2D eigenvalue weighted by Crippen LogP contribution is -2.53. The molecule has 0 bridgehead atoms. The van der Waals surface area contributed by atoms with Gasteiger partial charge in [-0.05, 0) is 0 Å². The van der Waals surface area contributed by atoms with Gasteiger partial charge < -0.3 is 20.1 Å². The predicted molar refractivity (Wildman–Crippen MR) is 59.5 cm³/mol. The Morgan fingerprint density at radius 3 is 2.71 bits per heavy atom. The van der Waals surface area contributed by atoms with Crippen LogP contribution < -0.4 is 5.32 Å². The van der Waals surface area contributed by atoms with Gasteiger partial charge in [0.15, 0.2) is 0 Å². The fourth-order valence-electron chi connectivity index (χ4n) is 2.24. The van der Waals surface area contributed by atoms with Crippen molar-refractivity contribution in [2.45, 2.75) is 18.9 Å². The quantitative estimate of drug-likeness (QED) is 0.681. The third-order valence-electron chi connectivity index (χ3n) is 3.19. The summed E-state index contributed by atoms with van der Waals surface area (Å²) in [6.45, 7) is 3.24. The Hall–Kier alpha value is -1.14. The van der Waals surface area contributed by atoms with Crippen molar-refractivity contribution < 1.29 is 19.4 Å². The van der Waals surface area contributed by atoms with Gasteiger partial charge in [0.25, 0.3) is 0 Å². The average Bonchev–Trinajstić information content (AvgIpc) is 2.23. The second kappa shape index (κ2) is 5.46. The molecule has 2 aliphatic rings. The number of hydrogen-bond acceptors (Lipinski definition) is 4. The maximum absolute atomic E-state index is 11.8. The van der Waals surface area contributed by atoms with Gasteiger partial charge in [-0.15, -0.1) is 0 Å². The first kappa shape index (κ1) is 12.3. The zero-order chi connectivity index (χ0) is 12.3. The molecule has 0 aromatic rings. The minimum absolute atomic E-state index is 0.0923. The maximum Gasteiger partial charge on any atom is 0.303 e. The molecule has 0 radical (unpaired) electrons. The molecule has 0 aromatic carbocycles. The Labute approximate surface area is 99.9 Å². The Morgan fingerprint density at radius 1 is 1.35 bits per heavy atom. The molecule has 2 N–H and O–H groups in total. The number of hydrogen-bond donors (Lipinski definition) is 2. The number of carbonyl (C=O) groups is 2. The molecular weight excluding hydrogens is 224 g/mol. The molecule has 6 heteroatoms. The predicted octanol–water partition coefficient (Wildman–Crippen LogP) is -0.702. The highest BCUT2D eigenvalue weighted by Gasteiger charge is 2.32. The second-order valence-electron chi connectivity index (χ2n) is 4.69. The largest absolute Gasteiger partial charge is 0.481 e. The van der Waals surface area contributed by atoms with Crippen molar-refractivity contribution in [1.82, 2.24) is 10.2 Å². The Bertz CT molecular complexity index is 296. The fraction of sp³-hybridized carbons (Fsp3) is 0.818. The molecule has 0 aliphatic carbocycles. The highest BCUT2D eigenvalue weighted by molar-refractivity contribution is 5.78. The Morgan fingerprint density at radius 2 is 2.12 bits per heavy atom. The number of nitrogens with one attached hydrogen (secondary N) is 1. The van der Waals surface area contributed by atoms with Crippen LogP contribution >= 0.6 is 0 Å². The van der Waals surface area contributed by atoms with Gasteiger partial charge in [-0.25, -0.2) is 0 Å². The number of ether oxygens (including phenoxy) is 1. The summed E-state index contributed by atoms with van der Waals surface area (Å²) < 4.78 is 5.28. The first-order valence-electron chi connectivity index (χ1n) is 5.96. The molecule has 0 aromatic heterocycles. The van der Waals surface area contributed by atoms with E-state index in [-0.39, 0.29) is 24.3 Å². The number of aliphatic carboxylic acids is 1. The van der Waals surface area contributed by atoms with Crippen LogP contribution in [-0.4, -0.2) is 60.8 Å². The van der Waals surface area contributed by atoms with Crippen LogP contribution in [0.3, 0.4) is 0 Å². The normalized spacial score (nSPS) is 25.4. The van der Waals surface area contributed by atoms with Gasteiger partial charge in [-0.1, -0.05) is 0 Å². The number of rotatable bonds is 4. The van der Waals surface area contributed by atoms with Crippen molar-refractivity contribution in [1.29, 1.82) is 0 Å². The van der Waals surface area contributed by atoms with Crippen LogP contribution in [0.4, 0.5) is 0 Å². The minimum Gasteiger partial charge on any atom is -0.481 e. The molecule has 1 amide bonds. The SMILES string of the molecule is O=C(O)CC1CN(C(=O)CC2COCCN2)C1. The fourth-order valence-corrected chi connectivity index (χ4v) is 2.24. The molecule has 6 nitrogen and oxygen atoms in total. The highest BCUT2D eigenvalue weighted by Crippen LogP contribution is 2.20. The zero-order valence-electron chi connectivity index (χ0n) is 9.72. The van der Waals surface area contributed by atoms with Crippen LogP contribution in [0.25, 0.3) is 0 Å². The molecule has 2 fully saturated rings. The van der Waals surface area contributed by atoms with Crippen LogP contribution in [0.5, 0.6) is 0 Å². The first-order chi connectivity index (χ1) is 8.15. The van der Waals surface area contributed by atoms with Gasteiger partial charge in [0, 0.05) is 38.0 Å². The number of likely N-dealkylation sites (tertiary alicyclic amines) is 1. The number of carbonyl (C=O) groups excluding carboxylic acids is 1. The third kappa shape index (κ3) is 3.41. The van der Waals surface area contributed by atoms with Crippen LogP contribution in [-0.2, 0) is 14.3 Å². The van der Waals surface area contributed by atoms with E-state index in [1.54, 1.807) is 4.90 Å². The van der Waals surface area contributed by atoms with Gasteiger partial charge in [0.2, 0.25) is 5.91 Å². The van der Waals surface area contributed by atoms with Gasteiger partial charge in [-0.3, -0.25) is 9.59 Å². The van der Waals surface area contributed by atoms with E-state index in [9.17, 15) is 9.59 Å². The monoisotopic (exact) mass is 242 g/mol. The molecule has 96 valence electrons. The van der Waals surface area contributed by atoms with Crippen molar-refractivity contribution in [3.8, 4) is 0 Å². The first-order valence-corrected chi connectivity index (χ1v) is 5.96. The van der Waals surface area contributed by atoms with E-state index in [0.29, 0.717) is 32.7 Å². The molecular formula is C11H18N2O4. The van der Waals surface area contributed by atoms with E-state index in [1.807, 2.05) is 0 Å². The van der Waals surface area contributed by atoms with Crippen molar-refractivity contribution in [2.24, 2.45) is 5.92 Å². The summed E-state index contributed by atoms with van der Waals surface area (Å²) in [6.07, 6.45) is 0.606. The molecule has 17 heavy (non-hydrogen) atoms. The highest BCUT2D eigenvalue weighted by atomic mass is 16.5. The third-order valence-corrected chi connectivity index (χ3v) is 3.19. The van der Waals surface area contributed by atoms with Crippen molar-refractivity contribution >= 4 is 11.9 Å². The summed E-state index contributed by atoms with van der Waals surface area (Å²) in [5.41, 5.74) is 0. The topological polar surface area (TPSA) is 78.9 Å². The molecule has 2 heterocycles. The van der Waals surface area contributed by atoms with Gasteiger partial charge in [0.1, 0.15) is 0 Å². The number of nitrogens with zero attached hydrogens (tertiary/aromatic N) is 1. The number of carboxylic acid groups (broad SMARTS) is 1. The Kier molecular flexibility index (Phi) is 3.96. The Balaban J connectivity index is 1.66. The molecule has 1 atom stereocenters. The second-order valence-corrected chi connectivity index (χ2v) is 4.69. The lowest BCUT2D eigenvalue weighted by atomic mass is 9.95. The summed E-state index contributed by atoms with van der Waals surface area (Å²) in [5.74, 6) is -0.564. The molecule has 2 saturated heterocycles.